The second-order valence-electron chi connectivity index (χ2n) is 7.86. The number of carbonyl (C=O) groups excluding carboxylic acids is 1. The summed E-state index contributed by atoms with van der Waals surface area (Å²) in [6.45, 7) is 4.58. The molecule has 2 nitrogen and oxygen atoms in total. The van der Waals surface area contributed by atoms with Crippen LogP contribution in [0.3, 0.4) is 0 Å². The molecule has 5 heteroatoms. The molecule has 29 heavy (non-hydrogen) atoms. The number of thiophene rings is 2. The van der Waals surface area contributed by atoms with Gasteiger partial charge in [-0.2, -0.15) is 0 Å². The molecule has 0 amide bonds. The second kappa shape index (κ2) is 14.6. The lowest BCUT2D eigenvalue weighted by molar-refractivity contribution is 0.0531. The fourth-order valence-corrected chi connectivity index (χ4v) is 7.01. The van der Waals surface area contributed by atoms with Crippen LogP contribution in [0.4, 0.5) is 0 Å². The van der Waals surface area contributed by atoms with E-state index in [-0.39, 0.29) is 5.97 Å². The number of hydrogen-bond acceptors (Lipinski definition) is 4. The molecule has 0 aliphatic heterocycles. The highest BCUT2D eigenvalue weighted by Gasteiger charge is 2.21. The summed E-state index contributed by atoms with van der Waals surface area (Å²) in [6.07, 6.45) is 18.7. The van der Waals surface area contributed by atoms with Gasteiger partial charge in [0.2, 0.25) is 0 Å². The third-order valence-corrected chi connectivity index (χ3v) is 9.05. The monoisotopic (exact) mass is 500 g/mol. The van der Waals surface area contributed by atoms with Crippen molar-refractivity contribution in [2.24, 2.45) is 0 Å². The molecular formula is C24H37BrO2S2. The molecule has 2 rings (SSSR count). The number of unbranched alkanes of at least 4 members (excludes halogenated alkanes) is 12. The predicted molar refractivity (Wildman–Crippen MR) is 133 cm³/mol. The van der Waals surface area contributed by atoms with Gasteiger partial charge in [-0.3, -0.25) is 0 Å². The smallest absolute Gasteiger partial charge is 0.348 e. The quantitative estimate of drug-likeness (QED) is 0.169. The average Bonchev–Trinajstić information content (AvgIpc) is 3.26. The van der Waals surface area contributed by atoms with Crippen molar-refractivity contribution in [2.75, 3.05) is 6.61 Å². The van der Waals surface area contributed by atoms with Crippen molar-refractivity contribution in [3.8, 4) is 0 Å². The van der Waals surface area contributed by atoms with Crippen molar-refractivity contribution in [1.29, 1.82) is 0 Å². The zero-order valence-electron chi connectivity index (χ0n) is 18.2. The van der Waals surface area contributed by atoms with Crippen LogP contribution in [-0.2, 0) is 11.2 Å². The molecule has 0 atom stereocenters. The third-order valence-electron chi connectivity index (χ3n) is 5.45. The van der Waals surface area contributed by atoms with E-state index in [9.17, 15) is 4.79 Å². The Hall–Kier alpha value is -0.390. The number of fused-ring (bicyclic) bond motifs is 1. The standard InChI is InChI=1S/C24H37BrO2S2/c1-3-5-6-7-8-9-10-11-12-13-14-15-16-17-19-21-23(20(25)18-28-21)29-22(19)24(26)27-4-2/h18H,3-17H2,1-2H3. The van der Waals surface area contributed by atoms with Crippen molar-refractivity contribution in [2.45, 2.75) is 104 Å². The summed E-state index contributed by atoms with van der Waals surface area (Å²) < 4.78 is 8.85. The van der Waals surface area contributed by atoms with E-state index in [4.69, 9.17) is 4.74 Å². The highest BCUT2D eigenvalue weighted by atomic mass is 79.9. The number of aryl methyl sites for hydroxylation is 1. The van der Waals surface area contributed by atoms with E-state index in [2.05, 4.69) is 28.2 Å². The minimum atomic E-state index is -0.155. The van der Waals surface area contributed by atoms with E-state index in [0.717, 1.165) is 22.2 Å². The summed E-state index contributed by atoms with van der Waals surface area (Å²) >= 11 is 6.93. The zero-order valence-corrected chi connectivity index (χ0v) is 21.4. The van der Waals surface area contributed by atoms with Gasteiger partial charge >= 0.3 is 5.97 Å². The highest BCUT2D eigenvalue weighted by Crippen LogP contribution is 2.41. The number of rotatable bonds is 16. The molecule has 0 saturated carbocycles. The Morgan fingerprint density at radius 1 is 0.862 bits per heavy atom. The Morgan fingerprint density at radius 3 is 1.97 bits per heavy atom. The molecule has 164 valence electrons. The molecule has 0 aliphatic rings. The van der Waals surface area contributed by atoms with Gasteiger partial charge in [0.25, 0.3) is 0 Å². The number of ether oxygens (including phenoxy) is 1. The average molecular weight is 502 g/mol. The van der Waals surface area contributed by atoms with Crippen LogP contribution in [0.25, 0.3) is 9.40 Å². The molecule has 0 aromatic carbocycles. The van der Waals surface area contributed by atoms with Crippen molar-refractivity contribution in [1.82, 2.24) is 0 Å². The lowest BCUT2D eigenvalue weighted by Gasteiger charge is -2.05. The van der Waals surface area contributed by atoms with Gasteiger partial charge in [-0.25, -0.2) is 4.79 Å². The summed E-state index contributed by atoms with van der Waals surface area (Å²) in [6, 6.07) is 0. The van der Waals surface area contributed by atoms with E-state index in [0.29, 0.717) is 6.61 Å². The zero-order chi connectivity index (χ0) is 20.9. The Kier molecular flexibility index (Phi) is 12.5. The summed E-state index contributed by atoms with van der Waals surface area (Å²) in [7, 11) is 0. The number of esters is 1. The van der Waals surface area contributed by atoms with Gasteiger partial charge in [0.15, 0.2) is 0 Å². The van der Waals surface area contributed by atoms with Crippen LogP contribution in [0, 0.1) is 0 Å². The Morgan fingerprint density at radius 2 is 1.41 bits per heavy atom. The molecule has 0 fully saturated rings. The van der Waals surface area contributed by atoms with E-state index in [1.807, 2.05) is 6.92 Å². The normalized spacial score (nSPS) is 11.4. The van der Waals surface area contributed by atoms with Crippen LogP contribution in [0.2, 0.25) is 0 Å². The SMILES string of the molecule is CCCCCCCCCCCCCCCc1c(C(=O)OCC)sc2c(Br)csc12. The molecule has 0 bridgehead atoms. The molecular weight excluding hydrogens is 464 g/mol. The van der Waals surface area contributed by atoms with Crippen molar-refractivity contribution in [3.63, 3.8) is 0 Å². The minimum absolute atomic E-state index is 0.155. The van der Waals surface area contributed by atoms with Crippen molar-refractivity contribution < 1.29 is 9.53 Å². The van der Waals surface area contributed by atoms with Gasteiger partial charge in [0.1, 0.15) is 4.88 Å². The molecule has 2 aromatic rings. The van der Waals surface area contributed by atoms with Crippen LogP contribution in [-0.4, -0.2) is 12.6 Å². The summed E-state index contributed by atoms with van der Waals surface area (Å²) in [5.74, 6) is -0.155. The van der Waals surface area contributed by atoms with Gasteiger partial charge in [0.05, 0.1) is 16.0 Å². The van der Waals surface area contributed by atoms with Crippen LogP contribution in [0.5, 0.6) is 0 Å². The maximum absolute atomic E-state index is 12.4. The lowest BCUT2D eigenvalue weighted by atomic mass is 10.0. The fourth-order valence-electron chi connectivity index (χ4n) is 3.80. The summed E-state index contributed by atoms with van der Waals surface area (Å²) in [4.78, 5) is 13.2. The van der Waals surface area contributed by atoms with E-state index >= 15 is 0 Å². The molecule has 0 spiro atoms. The molecule has 2 heterocycles. The highest BCUT2D eigenvalue weighted by molar-refractivity contribution is 9.10. The first-order valence-corrected chi connectivity index (χ1v) is 14.0. The minimum Gasteiger partial charge on any atom is -0.462 e. The van der Waals surface area contributed by atoms with Crippen LogP contribution in [0.15, 0.2) is 9.85 Å². The van der Waals surface area contributed by atoms with E-state index in [1.165, 1.54) is 92.0 Å². The molecule has 0 aliphatic carbocycles. The van der Waals surface area contributed by atoms with Crippen LogP contribution >= 0.6 is 38.6 Å². The van der Waals surface area contributed by atoms with Crippen molar-refractivity contribution in [3.05, 3.63) is 20.3 Å². The summed E-state index contributed by atoms with van der Waals surface area (Å²) in [5.41, 5.74) is 1.21. The van der Waals surface area contributed by atoms with Crippen LogP contribution in [0.1, 0.15) is 113 Å². The largest absolute Gasteiger partial charge is 0.462 e. The topological polar surface area (TPSA) is 26.3 Å². The fraction of sp³-hybridized carbons (Fsp3) is 0.708. The van der Waals surface area contributed by atoms with Crippen molar-refractivity contribution >= 4 is 54.0 Å². The predicted octanol–water partition coefficient (Wildman–Crippen LogP) is 9.54. The first-order valence-electron chi connectivity index (χ1n) is 11.5. The number of hydrogen-bond donors (Lipinski definition) is 0. The van der Waals surface area contributed by atoms with E-state index < -0.39 is 0 Å². The number of halogens is 1. The van der Waals surface area contributed by atoms with Gasteiger partial charge in [0, 0.05) is 9.85 Å². The first kappa shape index (κ1) is 24.9. The molecule has 2 aromatic heterocycles. The second-order valence-corrected chi connectivity index (χ2v) is 10.6. The number of carbonyl (C=O) groups is 1. The van der Waals surface area contributed by atoms with Gasteiger partial charge < -0.3 is 4.74 Å². The van der Waals surface area contributed by atoms with Gasteiger partial charge in [-0.1, -0.05) is 84.0 Å². The third kappa shape index (κ3) is 8.34. The molecule has 0 unspecified atom stereocenters. The maximum atomic E-state index is 12.4. The van der Waals surface area contributed by atoms with Gasteiger partial charge in [-0.05, 0) is 41.3 Å². The van der Waals surface area contributed by atoms with E-state index in [1.54, 1.807) is 22.7 Å². The maximum Gasteiger partial charge on any atom is 0.348 e. The van der Waals surface area contributed by atoms with Gasteiger partial charge in [-0.15, -0.1) is 22.7 Å². The Bertz CT molecular complexity index is 720. The Labute approximate surface area is 193 Å². The molecule has 0 radical (unpaired) electrons. The summed E-state index contributed by atoms with van der Waals surface area (Å²) in [5, 5.41) is 2.13. The first-order chi connectivity index (χ1) is 14.2. The molecule has 0 saturated heterocycles. The van der Waals surface area contributed by atoms with Crippen LogP contribution < -0.4 is 0 Å². The Balaban J connectivity index is 1.63. The lowest BCUT2D eigenvalue weighted by Crippen LogP contribution is -2.05. The molecule has 0 N–H and O–H groups in total.